The number of amides is 1. The van der Waals surface area contributed by atoms with Crippen LogP contribution in [0.5, 0.6) is 5.75 Å². The lowest BCUT2D eigenvalue weighted by Gasteiger charge is -2.43. The van der Waals surface area contributed by atoms with E-state index in [0.717, 1.165) is 55.9 Å². The summed E-state index contributed by atoms with van der Waals surface area (Å²) < 4.78 is 33.3. The lowest BCUT2D eigenvalue weighted by Crippen LogP contribution is -2.49. The number of aromatic nitrogens is 1. The topological polar surface area (TPSA) is 69.5 Å². The van der Waals surface area contributed by atoms with Crippen LogP contribution in [0.4, 0.5) is 14.6 Å². The van der Waals surface area contributed by atoms with E-state index in [9.17, 15) is 13.6 Å². The fourth-order valence-corrected chi connectivity index (χ4v) is 6.03. The number of nitrogens with zero attached hydrogens (tertiary/aromatic N) is 4. The normalized spacial score (nSPS) is 20.6. The second kappa shape index (κ2) is 12.2. The first-order valence-corrected chi connectivity index (χ1v) is 14.0. The fourth-order valence-electron chi connectivity index (χ4n) is 5.90. The Bertz CT molecular complexity index is 1370. The number of likely N-dealkylation sites (tertiary alicyclic amines) is 1. The summed E-state index contributed by atoms with van der Waals surface area (Å²) in [6, 6.07) is 16.9. The van der Waals surface area contributed by atoms with Gasteiger partial charge in [-0.1, -0.05) is 23.7 Å². The summed E-state index contributed by atoms with van der Waals surface area (Å²) in [6.45, 7) is 4.56. The summed E-state index contributed by atoms with van der Waals surface area (Å²) in [7, 11) is 0. The van der Waals surface area contributed by atoms with E-state index in [2.05, 4.69) is 16.0 Å². The van der Waals surface area contributed by atoms with Crippen molar-refractivity contribution in [3.8, 4) is 11.8 Å². The summed E-state index contributed by atoms with van der Waals surface area (Å²) in [6.07, 6.45) is 3.48. The van der Waals surface area contributed by atoms with Crippen LogP contribution < -0.4 is 9.64 Å². The quantitative estimate of drug-likeness (QED) is 0.356. The van der Waals surface area contributed by atoms with Crippen molar-refractivity contribution in [3.63, 3.8) is 0 Å². The number of carbonyl (C=O) groups excluding carboxylic acids is 1. The van der Waals surface area contributed by atoms with Crippen LogP contribution in [0.25, 0.3) is 0 Å². The van der Waals surface area contributed by atoms with E-state index < -0.39 is 11.6 Å². The van der Waals surface area contributed by atoms with Gasteiger partial charge in [-0.05, 0) is 68.1 Å². The van der Waals surface area contributed by atoms with Crippen LogP contribution in [0.3, 0.4) is 0 Å². The van der Waals surface area contributed by atoms with Gasteiger partial charge in [-0.2, -0.15) is 5.26 Å². The zero-order valence-corrected chi connectivity index (χ0v) is 23.0. The molecule has 2 saturated heterocycles. The molecule has 2 aromatic carbocycles. The minimum Gasteiger partial charge on any atom is -0.490 e. The zero-order chi connectivity index (χ0) is 28.2. The molecule has 1 aromatic heterocycles. The molecule has 2 aliphatic heterocycles. The van der Waals surface area contributed by atoms with Crippen LogP contribution in [0.2, 0.25) is 5.02 Å². The molecule has 0 spiro atoms. The van der Waals surface area contributed by atoms with Crippen molar-refractivity contribution in [1.29, 1.82) is 5.26 Å². The number of halogens is 3. The number of piperidine rings is 2. The lowest BCUT2D eigenvalue weighted by atomic mass is 9.77. The molecule has 3 atom stereocenters. The molecule has 3 aromatic rings. The van der Waals surface area contributed by atoms with Gasteiger partial charge in [0.2, 0.25) is 5.91 Å². The first kappa shape index (κ1) is 27.9. The molecule has 1 amide bonds. The van der Waals surface area contributed by atoms with Crippen LogP contribution in [0.1, 0.15) is 43.2 Å². The van der Waals surface area contributed by atoms with Crippen LogP contribution in [0, 0.1) is 34.8 Å². The van der Waals surface area contributed by atoms with Crippen molar-refractivity contribution in [2.75, 3.05) is 31.1 Å². The molecule has 0 N–H and O–H groups in total. The molecule has 0 bridgehead atoms. The van der Waals surface area contributed by atoms with Crippen LogP contribution in [-0.4, -0.2) is 48.1 Å². The number of nitriles is 1. The van der Waals surface area contributed by atoms with Gasteiger partial charge in [0.1, 0.15) is 17.6 Å². The van der Waals surface area contributed by atoms with E-state index >= 15 is 0 Å². The van der Waals surface area contributed by atoms with Gasteiger partial charge >= 0.3 is 0 Å². The lowest BCUT2D eigenvalue weighted by molar-refractivity contribution is -0.138. The van der Waals surface area contributed by atoms with Gasteiger partial charge in [0.25, 0.3) is 0 Å². The molecule has 0 saturated carbocycles. The van der Waals surface area contributed by atoms with E-state index in [1.54, 1.807) is 12.3 Å². The number of benzene rings is 2. The Balaban J connectivity index is 1.26. The van der Waals surface area contributed by atoms with E-state index in [1.807, 2.05) is 42.2 Å². The summed E-state index contributed by atoms with van der Waals surface area (Å²) in [5.41, 5.74) is 1.59. The van der Waals surface area contributed by atoms with Gasteiger partial charge in [0.15, 0.2) is 11.6 Å². The van der Waals surface area contributed by atoms with Crippen molar-refractivity contribution < 1.29 is 18.3 Å². The first-order valence-electron chi connectivity index (χ1n) is 13.6. The maximum atomic E-state index is 13.8. The molecule has 0 radical (unpaired) electrons. The van der Waals surface area contributed by atoms with Crippen LogP contribution >= 0.6 is 11.6 Å². The number of pyridine rings is 1. The minimum absolute atomic E-state index is 0.00167. The molecule has 3 heterocycles. The largest absolute Gasteiger partial charge is 0.490 e. The molecule has 5 rings (SSSR count). The smallest absolute Gasteiger partial charge is 0.225 e. The number of hydrogen-bond donors (Lipinski definition) is 0. The number of anilines is 1. The number of rotatable bonds is 6. The molecular formula is C31H31ClF2N4O2. The molecule has 0 aliphatic carbocycles. The Morgan fingerprint density at radius 2 is 1.80 bits per heavy atom. The maximum Gasteiger partial charge on any atom is 0.225 e. The third-order valence-corrected chi connectivity index (χ3v) is 8.39. The van der Waals surface area contributed by atoms with Crippen molar-refractivity contribution in [2.24, 2.45) is 11.8 Å². The molecule has 9 heteroatoms. The summed E-state index contributed by atoms with van der Waals surface area (Å²) in [5.74, 6) is -0.593. The SMILES string of the molecule is C[C@H](Oc1ccc(F)c(F)c1)[C@H]1CCN(C(=O)C2CCN(c3ccc(C#N)cn3)CC2)C[C@@H]1c1ccc(Cl)cc1. The van der Waals surface area contributed by atoms with Gasteiger partial charge in [0, 0.05) is 61.2 Å². The van der Waals surface area contributed by atoms with E-state index in [-0.39, 0.29) is 35.5 Å². The predicted molar refractivity (Wildman–Crippen MR) is 149 cm³/mol. The molecule has 2 aliphatic rings. The fraction of sp³-hybridized carbons (Fsp3) is 0.387. The Hall–Kier alpha value is -3.70. The average molecular weight is 565 g/mol. The summed E-state index contributed by atoms with van der Waals surface area (Å²) >= 11 is 6.16. The predicted octanol–water partition coefficient (Wildman–Crippen LogP) is 6.20. The highest BCUT2D eigenvalue weighted by Gasteiger charge is 2.39. The number of hydrogen-bond acceptors (Lipinski definition) is 5. The second-order valence-corrected chi connectivity index (χ2v) is 11.0. The molecule has 2 fully saturated rings. The Labute approximate surface area is 238 Å². The van der Waals surface area contributed by atoms with E-state index in [4.69, 9.17) is 21.6 Å². The van der Waals surface area contributed by atoms with Gasteiger partial charge in [0.05, 0.1) is 11.7 Å². The first-order chi connectivity index (χ1) is 19.3. The minimum atomic E-state index is -0.944. The third-order valence-electron chi connectivity index (χ3n) is 8.14. The average Bonchev–Trinajstić information content (AvgIpc) is 2.99. The molecule has 6 nitrogen and oxygen atoms in total. The standard InChI is InChI=1S/C31H31ClF2N4O2/c1-20(40-25-7-8-28(33)29(34)16-25)26-12-15-38(19-27(26)22-3-5-24(32)6-4-22)31(39)23-10-13-37(14-11-23)30-9-2-21(17-35)18-36-30/h2-9,16,18,20,23,26-27H,10-15,19H2,1H3/t20-,26+,27+/m0/s1. The van der Waals surface area contributed by atoms with Crippen molar-refractivity contribution in [3.05, 3.63) is 88.6 Å². The second-order valence-electron chi connectivity index (χ2n) is 10.6. The molecule has 0 unspecified atom stereocenters. The summed E-state index contributed by atoms with van der Waals surface area (Å²) in [5, 5.41) is 9.65. The number of carbonyl (C=O) groups is 1. The van der Waals surface area contributed by atoms with Crippen molar-refractivity contribution in [2.45, 2.75) is 38.2 Å². The highest BCUT2D eigenvalue weighted by atomic mass is 35.5. The Morgan fingerprint density at radius 3 is 2.45 bits per heavy atom. The van der Waals surface area contributed by atoms with Crippen molar-refractivity contribution in [1.82, 2.24) is 9.88 Å². The number of ether oxygens (including phenoxy) is 1. The molecule has 208 valence electrons. The maximum absolute atomic E-state index is 13.8. The van der Waals surface area contributed by atoms with Gasteiger partial charge in [-0.15, -0.1) is 0 Å². The Kier molecular flexibility index (Phi) is 8.51. The van der Waals surface area contributed by atoms with Crippen LogP contribution in [-0.2, 0) is 4.79 Å². The van der Waals surface area contributed by atoms with Gasteiger partial charge in [-0.3, -0.25) is 4.79 Å². The van der Waals surface area contributed by atoms with E-state index in [0.29, 0.717) is 23.7 Å². The van der Waals surface area contributed by atoms with E-state index in [1.165, 1.54) is 6.07 Å². The third kappa shape index (κ3) is 6.20. The van der Waals surface area contributed by atoms with Gasteiger partial charge in [-0.25, -0.2) is 13.8 Å². The van der Waals surface area contributed by atoms with Crippen molar-refractivity contribution >= 4 is 23.3 Å². The zero-order valence-electron chi connectivity index (χ0n) is 22.3. The van der Waals surface area contributed by atoms with Crippen LogP contribution in [0.15, 0.2) is 60.8 Å². The molecular weight excluding hydrogens is 534 g/mol. The van der Waals surface area contributed by atoms with Gasteiger partial charge < -0.3 is 14.5 Å². The highest BCUT2D eigenvalue weighted by Crippen LogP contribution is 2.38. The Morgan fingerprint density at radius 1 is 1.05 bits per heavy atom. The summed E-state index contributed by atoms with van der Waals surface area (Å²) in [4.78, 5) is 22.2. The monoisotopic (exact) mass is 564 g/mol. The molecule has 40 heavy (non-hydrogen) atoms. The highest BCUT2D eigenvalue weighted by molar-refractivity contribution is 6.30.